The Labute approximate surface area is 101 Å². The quantitative estimate of drug-likeness (QED) is 0.482. The number of allylic oxidation sites excluding steroid dienone is 2. The summed E-state index contributed by atoms with van der Waals surface area (Å²) in [6.45, 7) is 6.53. The van der Waals surface area contributed by atoms with Gasteiger partial charge in [-0.1, -0.05) is 45.8 Å². The van der Waals surface area contributed by atoms with Crippen LogP contribution in [0.1, 0.15) is 72.1 Å². The van der Waals surface area contributed by atoms with Gasteiger partial charge in [0.05, 0.1) is 0 Å². The minimum atomic E-state index is 0.448. The molecule has 0 aliphatic carbocycles. The van der Waals surface area contributed by atoms with Crippen molar-refractivity contribution in [2.45, 2.75) is 72.1 Å². The largest absolute Gasteiger partial charge is 0.300 e. The molecule has 1 atom stereocenters. The van der Waals surface area contributed by atoms with E-state index in [0.717, 1.165) is 38.5 Å². The Morgan fingerprint density at radius 2 is 1.88 bits per heavy atom. The molecule has 0 aromatic rings. The number of rotatable bonds is 10. The molecular weight excluding hydrogens is 196 g/mol. The lowest BCUT2D eigenvalue weighted by Gasteiger charge is -2.09. The van der Waals surface area contributed by atoms with Crippen molar-refractivity contribution in [2.24, 2.45) is 5.92 Å². The maximum absolute atomic E-state index is 11.5. The molecule has 0 bridgehead atoms. The van der Waals surface area contributed by atoms with Crippen molar-refractivity contribution in [1.29, 1.82) is 0 Å². The molecular formula is C15H28O. The summed E-state index contributed by atoms with van der Waals surface area (Å²) in [7, 11) is 0. The van der Waals surface area contributed by atoms with Crippen LogP contribution in [0.5, 0.6) is 0 Å². The zero-order valence-corrected chi connectivity index (χ0v) is 11.3. The van der Waals surface area contributed by atoms with E-state index in [9.17, 15) is 4.79 Å². The Morgan fingerprint density at radius 3 is 2.44 bits per heavy atom. The number of carbonyl (C=O) groups excluding carboxylic acids is 1. The summed E-state index contributed by atoms with van der Waals surface area (Å²) in [6, 6.07) is 0. The first kappa shape index (κ1) is 15.4. The van der Waals surface area contributed by atoms with E-state index in [2.05, 4.69) is 32.9 Å². The van der Waals surface area contributed by atoms with Crippen LogP contribution in [0.3, 0.4) is 0 Å². The molecule has 94 valence electrons. The van der Waals surface area contributed by atoms with Gasteiger partial charge in [-0.2, -0.15) is 0 Å². The third-order valence-electron chi connectivity index (χ3n) is 2.99. The molecule has 0 aromatic carbocycles. The monoisotopic (exact) mass is 224 g/mol. The molecule has 1 unspecified atom stereocenters. The van der Waals surface area contributed by atoms with E-state index in [0.29, 0.717) is 11.7 Å². The lowest BCUT2D eigenvalue weighted by Crippen LogP contribution is -2.02. The molecule has 16 heavy (non-hydrogen) atoms. The van der Waals surface area contributed by atoms with E-state index in [1.165, 1.54) is 12.8 Å². The van der Waals surface area contributed by atoms with E-state index in [1.807, 2.05) is 0 Å². The van der Waals surface area contributed by atoms with E-state index >= 15 is 0 Å². The number of hydrogen-bond donors (Lipinski definition) is 0. The third kappa shape index (κ3) is 8.70. The molecule has 0 spiro atoms. The van der Waals surface area contributed by atoms with Crippen LogP contribution in [0.2, 0.25) is 0 Å². The first-order chi connectivity index (χ1) is 7.74. The lowest BCUT2D eigenvalue weighted by molar-refractivity contribution is -0.119. The highest BCUT2D eigenvalue weighted by atomic mass is 16.1. The fourth-order valence-electron chi connectivity index (χ4n) is 1.74. The highest BCUT2D eigenvalue weighted by molar-refractivity contribution is 5.78. The first-order valence-corrected chi connectivity index (χ1v) is 6.92. The molecule has 0 aliphatic rings. The maximum Gasteiger partial charge on any atom is 0.132 e. The van der Waals surface area contributed by atoms with Gasteiger partial charge in [-0.05, 0) is 31.6 Å². The minimum Gasteiger partial charge on any atom is -0.300 e. The van der Waals surface area contributed by atoms with E-state index in [-0.39, 0.29) is 0 Å². The van der Waals surface area contributed by atoms with Gasteiger partial charge in [-0.15, -0.1) is 0 Å². The average molecular weight is 224 g/mol. The Kier molecular flexibility index (Phi) is 10.5. The molecule has 0 saturated carbocycles. The molecule has 0 rings (SSSR count). The molecule has 0 amide bonds. The number of carbonyl (C=O) groups is 1. The Balaban J connectivity index is 3.72. The molecule has 1 nitrogen and oxygen atoms in total. The van der Waals surface area contributed by atoms with Gasteiger partial charge in [0.25, 0.3) is 0 Å². The van der Waals surface area contributed by atoms with Gasteiger partial charge in [-0.25, -0.2) is 0 Å². The van der Waals surface area contributed by atoms with Crippen LogP contribution in [-0.4, -0.2) is 5.78 Å². The van der Waals surface area contributed by atoms with Crippen molar-refractivity contribution >= 4 is 5.78 Å². The van der Waals surface area contributed by atoms with Crippen LogP contribution in [0.25, 0.3) is 0 Å². The van der Waals surface area contributed by atoms with Crippen molar-refractivity contribution < 1.29 is 4.79 Å². The second kappa shape index (κ2) is 10.9. The summed E-state index contributed by atoms with van der Waals surface area (Å²) in [5, 5.41) is 0. The lowest BCUT2D eigenvalue weighted by atomic mass is 9.96. The highest BCUT2D eigenvalue weighted by Gasteiger charge is 2.06. The van der Waals surface area contributed by atoms with Gasteiger partial charge in [0, 0.05) is 12.8 Å². The average Bonchev–Trinajstić information content (AvgIpc) is 2.31. The molecule has 0 N–H and O–H groups in total. The zero-order valence-electron chi connectivity index (χ0n) is 11.3. The number of hydrogen-bond acceptors (Lipinski definition) is 1. The summed E-state index contributed by atoms with van der Waals surface area (Å²) in [5.74, 6) is 1.06. The number of ketones is 1. The van der Waals surface area contributed by atoms with Gasteiger partial charge >= 0.3 is 0 Å². The van der Waals surface area contributed by atoms with Crippen molar-refractivity contribution in [3.8, 4) is 0 Å². The summed E-state index contributed by atoms with van der Waals surface area (Å²) in [5.41, 5.74) is 0. The van der Waals surface area contributed by atoms with Crippen molar-refractivity contribution in [1.82, 2.24) is 0 Å². The van der Waals surface area contributed by atoms with Gasteiger partial charge < -0.3 is 0 Å². The van der Waals surface area contributed by atoms with Crippen LogP contribution in [0.4, 0.5) is 0 Å². The van der Waals surface area contributed by atoms with Crippen molar-refractivity contribution in [2.75, 3.05) is 0 Å². The van der Waals surface area contributed by atoms with Crippen molar-refractivity contribution in [3.63, 3.8) is 0 Å². The van der Waals surface area contributed by atoms with E-state index < -0.39 is 0 Å². The minimum absolute atomic E-state index is 0.448. The summed E-state index contributed by atoms with van der Waals surface area (Å²) < 4.78 is 0. The molecule has 0 fully saturated rings. The number of Topliss-reactive ketones (excluding diaryl/α,β-unsaturated/α-hetero) is 1. The van der Waals surface area contributed by atoms with Crippen LogP contribution >= 0.6 is 0 Å². The maximum atomic E-state index is 11.5. The molecule has 0 aromatic heterocycles. The standard InChI is InChI=1S/C15H28O/c1-4-7-9-10-14(6-3)12-13-15(16)11-8-5-2/h9-10,14H,4-8,11-13H2,1-3H3. The second-order valence-electron chi connectivity index (χ2n) is 4.57. The highest BCUT2D eigenvalue weighted by Crippen LogP contribution is 2.14. The molecule has 0 heterocycles. The molecule has 0 aliphatic heterocycles. The normalized spacial score (nSPS) is 13.2. The second-order valence-corrected chi connectivity index (χ2v) is 4.57. The fourth-order valence-corrected chi connectivity index (χ4v) is 1.74. The SMILES string of the molecule is CCCC=CC(CC)CCC(=O)CCCC. The third-order valence-corrected chi connectivity index (χ3v) is 2.99. The van der Waals surface area contributed by atoms with Gasteiger partial charge in [0.2, 0.25) is 0 Å². The first-order valence-electron chi connectivity index (χ1n) is 6.92. The summed E-state index contributed by atoms with van der Waals surface area (Å²) in [6.07, 6.45) is 12.9. The molecule has 1 heteroatoms. The fraction of sp³-hybridized carbons (Fsp3) is 0.800. The predicted octanol–water partition coefficient (Wildman–Crippen LogP) is 4.91. The topological polar surface area (TPSA) is 17.1 Å². The van der Waals surface area contributed by atoms with Gasteiger partial charge in [0.1, 0.15) is 5.78 Å². The Morgan fingerprint density at radius 1 is 1.12 bits per heavy atom. The molecule has 0 radical (unpaired) electrons. The van der Waals surface area contributed by atoms with Crippen LogP contribution < -0.4 is 0 Å². The predicted molar refractivity (Wildman–Crippen MR) is 71.6 cm³/mol. The number of unbranched alkanes of at least 4 members (excludes halogenated alkanes) is 2. The van der Waals surface area contributed by atoms with E-state index in [4.69, 9.17) is 0 Å². The Hall–Kier alpha value is -0.590. The summed E-state index contributed by atoms with van der Waals surface area (Å²) in [4.78, 5) is 11.5. The summed E-state index contributed by atoms with van der Waals surface area (Å²) >= 11 is 0. The molecule has 0 saturated heterocycles. The Bertz CT molecular complexity index is 194. The van der Waals surface area contributed by atoms with Gasteiger partial charge in [0.15, 0.2) is 0 Å². The van der Waals surface area contributed by atoms with Crippen molar-refractivity contribution in [3.05, 3.63) is 12.2 Å². The van der Waals surface area contributed by atoms with E-state index in [1.54, 1.807) is 0 Å². The smallest absolute Gasteiger partial charge is 0.132 e. The van der Waals surface area contributed by atoms with Crippen LogP contribution in [-0.2, 0) is 4.79 Å². The van der Waals surface area contributed by atoms with Crippen LogP contribution in [0, 0.1) is 5.92 Å². The van der Waals surface area contributed by atoms with Gasteiger partial charge in [-0.3, -0.25) is 4.79 Å². The van der Waals surface area contributed by atoms with Crippen LogP contribution in [0.15, 0.2) is 12.2 Å². The zero-order chi connectivity index (χ0) is 12.2.